The molecule has 144 valence electrons. The Balaban J connectivity index is 0.00000261. The van der Waals surface area contributed by atoms with E-state index >= 15 is 0 Å². The monoisotopic (exact) mass is 388 g/mol. The summed E-state index contributed by atoms with van der Waals surface area (Å²) in [4.78, 5) is 24.2. The van der Waals surface area contributed by atoms with Crippen LogP contribution in [0.25, 0.3) is 0 Å². The van der Waals surface area contributed by atoms with Gasteiger partial charge in [-0.25, -0.2) is 4.79 Å². The van der Waals surface area contributed by atoms with Gasteiger partial charge in [0.1, 0.15) is 0 Å². The number of para-hydroxylation sites is 1. The smallest absolute Gasteiger partial charge is 0.323 e. The van der Waals surface area contributed by atoms with Gasteiger partial charge in [-0.2, -0.15) is 0 Å². The maximum absolute atomic E-state index is 12.2. The van der Waals surface area contributed by atoms with Gasteiger partial charge in [0.15, 0.2) is 0 Å². The maximum atomic E-state index is 12.2. The van der Waals surface area contributed by atoms with Crippen molar-refractivity contribution in [1.29, 1.82) is 0 Å². The lowest BCUT2D eigenvalue weighted by Crippen LogP contribution is -2.38. The molecule has 27 heavy (non-hydrogen) atoms. The predicted octanol–water partition coefficient (Wildman–Crippen LogP) is 3.48. The first-order valence-corrected chi connectivity index (χ1v) is 8.93. The highest BCUT2D eigenvalue weighted by molar-refractivity contribution is 6.00. The Kier molecular flexibility index (Phi) is 8.10. The molecule has 2 aromatic rings. The Morgan fingerprint density at radius 2 is 1.63 bits per heavy atom. The van der Waals surface area contributed by atoms with Crippen molar-refractivity contribution in [3.63, 3.8) is 0 Å². The second-order valence-electron chi connectivity index (χ2n) is 6.44. The van der Waals surface area contributed by atoms with Crippen LogP contribution in [0.4, 0.5) is 16.2 Å². The lowest BCUT2D eigenvalue weighted by molar-refractivity contribution is 0.0945. The van der Waals surface area contributed by atoms with Crippen LogP contribution < -0.4 is 21.3 Å². The quantitative estimate of drug-likeness (QED) is 0.632. The minimum absolute atomic E-state index is 0. The molecule has 0 bridgehead atoms. The zero-order chi connectivity index (χ0) is 18.2. The third-order valence-corrected chi connectivity index (χ3v) is 4.39. The number of rotatable bonds is 5. The van der Waals surface area contributed by atoms with Gasteiger partial charge in [-0.05, 0) is 68.2 Å². The average Bonchev–Trinajstić information content (AvgIpc) is 2.68. The van der Waals surface area contributed by atoms with Gasteiger partial charge < -0.3 is 21.3 Å². The van der Waals surface area contributed by atoms with Gasteiger partial charge in [0, 0.05) is 23.5 Å². The van der Waals surface area contributed by atoms with Gasteiger partial charge in [0.25, 0.3) is 5.91 Å². The second kappa shape index (κ2) is 10.5. The van der Waals surface area contributed by atoms with Gasteiger partial charge in [0.05, 0.1) is 0 Å². The van der Waals surface area contributed by atoms with Gasteiger partial charge >= 0.3 is 6.03 Å². The molecule has 1 unspecified atom stereocenters. The van der Waals surface area contributed by atoms with Crippen molar-refractivity contribution in [3.05, 3.63) is 60.2 Å². The lowest BCUT2D eigenvalue weighted by Gasteiger charge is -2.22. The molecule has 3 amide bonds. The molecule has 1 atom stereocenters. The van der Waals surface area contributed by atoms with E-state index in [1.54, 1.807) is 24.3 Å². The molecule has 0 spiro atoms. The fraction of sp³-hybridized carbons (Fsp3) is 0.300. The summed E-state index contributed by atoms with van der Waals surface area (Å²) in [5.41, 5.74) is 1.94. The van der Waals surface area contributed by atoms with Gasteiger partial charge in [0.2, 0.25) is 0 Å². The van der Waals surface area contributed by atoms with Gasteiger partial charge in [-0.3, -0.25) is 4.79 Å². The van der Waals surface area contributed by atoms with Crippen LogP contribution in [-0.4, -0.2) is 31.6 Å². The third kappa shape index (κ3) is 6.58. The van der Waals surface area contributed by atoms with Crippen LogP contribution in [0, 0.1) is 5.92 Å². The highest BCUT2D eigenvalue weighted by Crippen LogP contribution is 2.12. The van der Waals surface area contributed by atoms with Crippen molar-refractivity contribution in [2.45, 2.75) is 12.8 Å². The summed E-state index contributed by atoms with van der Waals surface area (Å²) in [5.74, 6) is 0.409. The van der Waals surface area contributed by atoms with Crippen molar-refractivity contribution in [1.82, 2.24) is 10.6 Å². The number of hydrogen-bond acceptors (Lipinski definition) is 3. The largest absolute Gasteiger partial charge is 0.352 e. The van der Waals surface area contributed by atoms with E-state index in [0.717, 1.165) is 31.6 Å². The topological polar surface area (TPSA) is 82.3 Å². The van der Waals surface area contributed by atoms with Crippen LogP contribution in [0.5, 0.6) is 0 Å². The summed E-state index contributed by atoms with van der Waals surface area (Å²) >= 11 is 0. The van der Waals surface area contributed by atoms with Crippen molar-refractivity contribution >= 4 is 35.7 Å². The fourth-order valence-electron chi connectivity index (χ4n) is 2.96. The molecular formula is C20H25ClN4O2. The number of amides is 3. The summed E-state index contributed by atoms with van der Waals surface area (Å²) in [7, 11) is 0. The Hall–Kier alpha value is -2.57. The van der Waals surface area contributed by atoms with Crippen molar-refractivity contribution in [2.24, 2.45) is 5.92 Å². The number of halogens is 1. The highest BCUT2D eigenvalue weighted by atomic mass is 35.5. The van der Waals surface area contributed by atoms with Crippen molar-refractivity contribution < 1.29 is 9.59 Å². The van der Waals surface area contributed by atoms with Crippen LogP contribution >= 0.6 is 12.4 Å². The minimum Gasteiger partial charge on any atom is -0.352 e. The Morgan fingerprint density at radius 1 is 0.963 bits per heavy atom. The van der Waals surface area contributed by atoms with E-state index in [4.69, 9.17) is 0 Å². The highest BCUT2D eigenvalue weighted by Gasteiger charge is 2.14. The van der Waals surface area contributed by atoms with E-state index in [1.807, 2.05) is 30.3 Å². The molecular weight excluding hydrogens is 364 g/mol. The number of piperidine rings is 1. The molecule has 4 N–H and O–H groups in total. The Morgan fingerprint density at radius 3 is 2.26 bits per heavy atom. The SMILES string of the molecule is Cl.O=C(Nc1ccccc1)Nc1ccc(C(=O)NCC2CCCNC2)cc1. The zero-order valence-electron chi connectivity index (χ0n) is 15.0. The van der Waals surface area contributed by atoms with E-state index in [9.17, 15) is 9.59 Å². The third-order valence-electron chi connectivity index (χ3n) is 4.39. The molecule has 1 saturated heterocycles. The molecule has 2 aromatic carbocycles. The van der Waals surface area contributed by atoms with Crippen LogP contribution in [-0.2, 0) is 0 Å². The molecule has 1 fully saturated rings. The molecule has 3 rings (SSSR count). The van der Waals surface area contributed by atoms with E-state index in [-0.39, 0.29) is 24.3 Å². The van der Waals surface area contributed by atoms with Crippen LogP contribution in [0.2, 0.25) is 0 Å². The molecule has 1 aliphatic heterocycles. The summed E-state index contributed by atoms with van der Waals surface area (Å²) in [6.45, 7) is 2.71. The number of carbonyl (C=O) groups is 2. The first kappa shape index (κ1) is 20.7. The molecule has 0 aliphatic carbocycles. The summed E-state index contributed by atoms with van der Waals surface area (Å²) in [5, 5.41) is 11.8. The Bertz CT molecular complexity index is 731. The first-order valence-electron chi connectivity index (χ1n) is 8.93. The van der Waals surface area contributed by atoms with E-state index in [0.29, 0.717) is 23.7 Å². The molecule has 1 heterocycles. The standard InChI is InChI=1S/C20H24N4O2.ClH/c25-19(22-14-15-5-4-12-21-13-15)16-8-10-18(11-9-16)24-20(26)23-17-6-2-1-3-7-17;/h1-3,6-11,15,21H,4-5,12-14H2,(H,22,25)(H2,23,24,26);1H. The van der Waals surface area contributed by atoms with E-state index in [2.05, 4.69) is 21.3 Å². The number of urea groups is 1. The number of nitrogens with one attached hydrogen (secondary N) is 4. The average molecular weight is 389 g/mol. The molecule has 0 radical (unpaired) electrons. The number of carbonyl (C=O) groups excluding carboxylic acids is 2. The molecule has 1 aliphatic rings. The van der Waals surface area contributed by atoms with Gasteiger partial charge in [-0.1, -0.05) is 18.2 Å². The van der Waals surface area contributed by atoms with Crippen LogP contribution in [0.3, 0.4) is 0 Å². The predicted molar refractivity (Wildman–Crippen MR) is 111 cm³/mol. The molecule has 0 aromatic heterocycles. The maximum Gasteiger partial charge on any atom is 0.323 e. The van der Waals surface area contributed by atoms with E-state index in [1.165, 1.54) is 0 Å². The van der Waals surface area contributed by atoms with Crippen LogP contribution in [0.1, 0.15) is 23.2 Å². The first-order chi connectivity index (χ1) is 12.7. The second-order valence-corrected chi connectivity index (χ2v) is 6.44. The fourth-order valence-corrected chi connectivity index (χ4v) is 2.96. The Labute approximate surface area is 165 Å². The van der Waals surface area contributed by atoms with Crippen molar-refractivity contribution in [2.75, 3.05) is 30.3 Å². The number of benzene rings is 2. The van der Waals surface area contributed by atoms with Gasteiger partial charge in [-0.15, -0.1) is 12.4 Å². The summed E-state index contributed by atoms with van der Waals surface area (Å²) < 4.78 is 0. The molecule has 6 nitrogen and oxygen atoms in total. The minimum atomic E-state index is -0.321. The van der Waals surface area contributed by atoms with E-state index < -0.39 is 0 Å². The number of anilines is 2. The molecule has 0 saturated carbocycles. The summed E-state index contributed by atoms with van der Waals surface area (Å²) in [6.07, 6.45) is 2.30. The normalized spacial score (nSPS) is 15.9. The molecule has 7 heteroatoms. The van der Waals surface area contributed by atoms with Crippen molar-refractivity contribution in [3.8, 4) is 0 Å². The zero-order valence-corrected chi connectivity index (χ0v) is 15.9. The van der Waals surface area contributed by atoms with Crippen LogP contribution in [0.15, 0.2) is 54.6 Å². The number of hydrogen-bond donors (Lipinski definition) is 4. The summed E-state index contributed by atoms with van der Waals surface area (Å²) in [6, 6.07) is 15.8. The lowest BCUT2D eigenvalue weighted by atomic mass is 9.99.